The lowest BCUT2D eigenvalue weighted by molar-refractivity contribution is 0.599. The van der Waals surface area contributed by atoms with E-state index in [0.29, 0.717) is 0 Å². The second kappa shape index (κ2) is 3.17. The van der Waals surface area contributed by atoms with Gasteiger partial charge < -0.3 is 0 Å². The summed E-state index contributed by atoms with van der Waals surface area (Å²) in [5.41, 5.74) is -0.388. The van der Waals surface area contributed by atoms with E-state index in [2.05, 4.69) is 9.97 Å². The molecule has 0 bridgehead atoms. The number of aromatic amines is 1. The van der Waals surface area contributed by atoms with Crippen LogP contribution in [-0.4, -0.2) is 31.7 Å². The number of nitrogens with zero attached hydrogens (tertiary/aromatic N) is 2. The molecule has 6 nitrogen and oxygen atoms in total. The molecule has 0 aliphatic carbocycles. The van der Waals surface area contributed by atoms with E-state index in [0.717, 1.165) is 10.6 Å². The molecule has 0 saturated heterocycles. The molecule has 0 atom stereocenters. The van der Waals surface area contributed by atoms with Crippen molar-refractivity contribution >= 4 is 16.0 Å². The molecule has 1 rings (SSSR count). The number of rotatable bonds is 2. The Balaban J connectivity index is 3.17. The number of nitrogens with one attached hydrogen (secondary N) is 1. The van der Waals surface area contributed by atoms with Crippen LogP contribution in [-0.2, 0) is 10.0 Å². The zero-order valence-electron chi connectivity index (χ0n) is 7.18. The Kier molecular flexibility index (Phi) is 2.37. The zero-order chi connectivity index (χ0) is 10.1. The monoisotopic (exact) mass is 203 g/mol. The van der Waals surface area contributed by atoms with E-state index in [1.807, 2.05) is 0 Å². The van der Waals surface area contributed by atoms with Crippen LogP contribution in [0.2, 0.25) is 0 Å². The molecule has 72 valence electrons. The number of hydrogen-bond acceptors (Lipinski definition) is 4. The molecule has 0 aliphatic rings. The molecule has 0 amide bonds. The molecule has 0 fully saturated rings. The molecule has 0 aromatic carbocycles. The average Bonchev–Trinajstić information content (AvgIpc) is 2.01. The van der Waals surface area contributed by atoms with Crippen LogP contribution in [0, 0.1) is 0 Å². The summed E-state index contributed by atoms with van der Waals surface area (Å²) in [5.74, 6) is 0.00926. The fourth-order valence-corrected chi connectivity index (χ4v) is 1.08. The van der Waals surface area contributed by atoms with E-state index < -0.39 is 10.0 Å². The molecule has 1 N–H and O–H groups in total. The Bertz CT molecular complexity index is 450. The first kappa shape index (κ1) is 9.72. The topological polar surface area (TPSA) is 83.1 Å². The molecular formula is C6H9N3O3S. The Morgan fingerprint density at radius 2 is 2.15 bits per heavy atom. The van der Waals surface area contributed by atoms with E-state index in [9.17, 15) is 13.2 Å². The van der Waals surface area contributed by atoms with Crippen molar-refractivity contribution in [2.75, 3.05) is 17.6 Å². The molecule has 7 heteroatoms. The first-order valence-electron chi connectivity index (χ1n) is 3.40. The van der Waals surface area contributed by atoms with Gasteiger partial charge in [-0.3, -0.25) is 9.78 Å². The van der Waals surface area contributed by atoms with Gasteiger partial charge in [0.15, 0.2) is 0 Å². The molecular weight excluding hydrogens is 194 g/mol. The van der Waals surface area contributed by atoms with Crippen LogP contribution in [0.5, 0.6) is 0 Å². The van der Waals surface area contributed by atoms with Crippen LogP contribution < -0.4 is 9.86 Å². The lowest BCUT2D eigenvalue weighted by Gasteiger charge is -2.13. The van der Waals surface area contributed by atoms with Gasteiger partial charge in [0, 0.05) is 19.3 Å². The number of hydrogen-bond donors (Lipinski definition) is 1. The van der Waals surface area contributed by atoms with E-state index in [1.165, 1.54) is 19.3 Å². The lowest BCUT2D eigenvalue weighted by atomic mass is 10.6. The van der Waals surface area contributed by atoms with Gasteiger partial charge in [0.1, 0.15) is 0 Å². The summed E-state index contributed by atoms with van der Waals surface area (Å²) >= 11 is 0. The molecule has 13 heavy (non-hydrogen) atoms. The minimum Gasteiger partial charge on any atom is -0.292 e. The fraction of sp³-hybridized carbons (Fsp3) is 0.333. The number of H-pyrrole nitrogens is 1. The fourth-order valence-electron chi connectivity index (χ4n) is 0.677. The first-order valence-corrected chi connectivity index (χ1v) is 5.25. The van der Waals surface area contributed by atoms with Crippen molar-refractivity contribution in [3.63, 3.8) is 0 Å². The van der Waals surface area contributed by atoms with Gasteiger partial charge in [-0.05, 0) is 0 Å². The van der Waals surface area contributed by atoms with Gasteiger partial charge in [-0.2, -0.15) is 0 Å². The smallest absolute Gasteiger partial charge is 0.252 e. The third kappa shape index (κ3) is 2.28. The van der Waals surface area contributed by atoms with Crippen LogP contribution >= 0.6 is 0 Å². The maximum absolute atomic E-state index is 11.0. The molecule has 0 saturated carbocycles. The highest BCUT2D eigenvalue weighted by Crippen LogP contribution is 2.03. The van der Waals surface area contributed by atoms with Gasteiger partial charge in [0.05, 0.1) is 6.26 Å². The standard InChI is InChI=1S/C6H9N3O3S/c1-9(13(2,11)12)6-7-4-3-5(10)8-6/h3-4H,1-2H3,(H,7,8,10). The second-order valence-electron chi connectivity index (χ2n) is 2.49. The normalized spacial score (nSPS) is 11.2. The summed E-state index contributed by atoms with van der Waals surface area (Å²) in [6.07, 6.45) is 2.27. The summed E-state index contributed by atoms with van der Waals surface area (Å²) in [7, 11) is -2.06. The van der Waals surface area contributed by atoms with E-state index >= 15 is 0 Å². The predicted octanol–water partition coefficient (Wildman–Crippen LogP) is -0.834. The van der Waals surface area contributed by atoms with Gasteiger partial charge in [-0.25, -0.2) is 17.7 Å². The Morgan fingerprint density at radius 3 is 2.62 bits per heavy atom. The largest absolute Gasteiger partial charge is 0.292 e. The van der Waals surface area contributed by atoms with Gasteiger partial charge in [0.2, 0.25) is 16.0 Å². The Morgan fingerprint density at radius 1 is 1.54 bits per heavy atom. The van der Waals surface area contributed by atoms with Crippen LogP contribution in [0.4, 0.5) is 5.95 Å². The number of anilines is 1. The third-order valence-electron chi connectivity index (χ3n) is 1.45. The van der Waals surface area contributed by atoms with Crippen LogP contribution in [0.1, 0.15) is 0 Å². The maximum atomic E-state index is 11.0. The Labute approximate surface area is 75.3 Å². The van der Waals surface area contributed by atoms with Crippen molar-refractivity contribution in [1.82, 2.24) is 9.97 Å². The zero-order valence-corrected chi connectivity index (χ0v) is 8.00. The lowest BCUT2D eigenvalue weighted by Crippen LogP contribution is -2.28. The molecule has 0 spiro atoms. The summed E-state index contributed by atoms with van der Waals surface area (Å²) in [5, 5.41) is 0. The summed E-state index contributed by atoms with van der Waals surface area (Å²) in [4.78, 5) is 16.8. The summed E-state index contributed by atoms with van der Waals surface area (Å²) in [6.45, 7) is 0. The maximum Gasteiger partial charge on any atom is 0.252 e. The van der Waals surface area contributed by atoms with Crippen molar-refractivity contribution in [3.05, 3.63) is 22.6 Å². The van der Waals surface area contributed by atoms with Crippen LogP contribution in [0.15, 0.2) is 17.1 Å². The van der Waals surface area contributed by atoms with Crippen molar-refractivity contribution in [2.24, 2.45) is 0 Å². The van der Waals surface area contributed by atoms with Gasteiger partial charge in [-0.1, -0.05) is 0 Å². The molecule has 0 aliphatic heterocycles. The molecule has 0 unspecified atom stereocenters. The highest BCUT2D eigenvalue weighted by Gasteiger charge is 2.13. The van der Waals surface area contributed by atoms with Gasteiger partial charge >= 0.3 is 0 Å². The molecule has 1 aromatic rings. The van der Waals surface area contributed by atoms with Crippen LogP contribution in [0.3, 0.4) is 0 Å². The van der Waals surface area contributed by atoms with E-state index in [4.69, 9.17) is 0 Å². The van der Waals surface area contributed by atoms with Crippen molar-refractivity contribution in [1.29, 1.82) is 0 Å². The van der Waals surface area contributed by atoms with Crippen molar-refractivity contribution in [3.8, 4) is 0 Å². The highest BCUT2D eigenvalue weighted by molar-refractivity contribution is 7.92. The molecule has 1 aromatic heterocycles. The molecule has 0 radical (unpaired) electrons. The predicted molar refractivity (Wildman–Crippen MR) is 48.1 cm³/mol. The van der Waals surface area contributed by atoms with Crippen molar-refractivity contribution < 1.29 is 8.42 Å². The summed E-state index contributed by atoms with van der Waals surface area (Å²) < 4.78 is 22.9. The average molecular weight is 203 g/mol. The highest BCUT2D eigenvalue weighted by atomic mass is 32.2. The van der Waals surface area contributed by atoms with E-state index in [1.54, 1.807) is 0 Å². The number of aromatic nitrogens is 2. The third-order valence-corrected chi connectivity index (χ3v) is 2.62. The van der Waals surface area contributed by atoms with Gasteiger partial charge in [-0.15, -0.1) is 0 Å². The minimum atomic E-state index is -3.37. The SMILES string of the molecule is CN(c1nccc(=O)[nH]1)S(C)(=O)=O. The van der Waals surface area contributed by atoms with Crippen LogP contribution in [0.25, 0.3) is 0 Å². The van der Waals surface area contributed by atoms with E-state index in [-0.39, 0.29) is 11.5 Å². The second-order valence-corrected chi connectivity index (χ2v) is 4.50. The number of sulfonamides is 1. The van der Waals surface area contributed by atoms with Gasteiger partial charge in [0.25, 0.3) is 5.56 Å². The Hall–Kier alpha value is -1.37. The molecule has 1 heterocycles. The quantitative estimate of drug-likeness (QED) is 0.679. The van der Waals surface area contributed by atoms with Crippen molar-refractivity contribution in [2.45, 2.75) is 0 Å². The first-order chi connectivity index (χ1) is 5.91. The summed E-state index contributed by atoms with van der Waals surface area (Å²) in [6, 6.07) is 1.21. The minimum absolute atomic E-state index is 0.00926.